The topological polar surface area (TPSA) is 71.3 Å². The molecule has 0 aliphatic rings. The minimum absolute atomic E-state index is 0.124. The highest BCUT2D eigenvalue weighted by Crippen LogP contribution is 2.36. The van der Waals surface area contributed by atoms with E-state index < -0.39 is 11.5 Å². The molecule has 0 spiro atoms. The number of amides is 1. The van der Waals surface area contributed by atoms with Gasteiger partial charge in [0.05, 0.1) is 10.6 Å². The van der Waals surface area contributed by atoms with Gasteiger partial charge in [0.2, 0.25) is 0 Å². The van der Waals surface area contributed by atoms with Crippen LogP contribution in [0.1, 0.15) is 15.2 Å². The molecule has 0 radical (unpaired) electrons. The third-order valence-electron chi connectivity index (χ3n) is 5.44. The molecule has 5 rings (SSSR count). The average molecular weight is 539 g/mol. The summed E-state index contributed by atoms with van der Waals surface area (Å²) >= 11 is 19.0. The van der Waals surface area contributed by atoms with E-state index in [2.05, 4.69) is 10.6 Å². The van der Waals surface area contributed by atoms with E-state index in [1.807, 2.05) is 43.3 Å². The van der Waals surface area contributed by atoms with Crippen LogP contribution in [0.2, 0.25) is 10.0 Å². The van der Waals surface area contributed by atoms with Crippen LogP contribution in [0, 0.1) is 6.92 Å². The molecule has 9 heteroatoms. The van der Waals surface area contributed by atoms with E-state index >= 15 is 0 Å². The van der Waals surface area contributed by atoms with Crippen molar-refractivity contribution in [2.45, 2.75) is 6.92 Å². The van der Waals surface area contributed by atoms with Crippen molar-refractivity contribution >= 4 is 84.5 Å². The van der Waals surface area contributed by atoms with Crippen LogP contribution in [0.5, 0.6) is 0 Å². The van der Waals surface area contributed by atoms with Crippen molar-refractivity contribution in [3.05, 3.63) is 97.6 Å². The number of hydrogen-bond acceptors (Lipinski definition) is 5. The van der Waals surface area contributed by atoms with E-state index in [0.29, 0.717) is 31.8 Å². The molecule has 0 unspecified atom stereocenters. The van der Waals surface area contributed by atoms with E-state index in [0.717, 1.165) is 26.6 Å². The number of halogens is 2. The molecule has 0 aliphatic carbocycles. The molecule has 2 aromatic heterocycles. The predicted octanol–water partition coefficient (Wildman–Crippen LogP) is 7.42. The smallest absolute Gasteiger partial charge is 0.344 e. The molecule has 0 bridgehead atoms. The summed E-state index contributed by atoms with van der Waals surface area (Å²) in [6, 6.07) is 19.9. The molecule has 0 saturated carbocycles. The molecule has 174 valence electrons. The summed E-state index contributed by atoms with van der Waals surface area (Å²) in [5.41, 5.74) is 2.87. The fourth-order valence-corrected chi connectivity index (χ4v) is 5.70. The number of carbonyl (C=O) groups is 1. The Hall–Kier alpha value is -3.23. The van der Waals surface area contributed by atoms with Crippen LogP contribution in [-0.2, 0) is 0 Å². The number of thiophene rings is 1. The van der Waals surface area contributed by atoms with Gasteiger partial charge in [-0.15, -0.1) is 11.3 Å². The first-order valence-electron chi connectivity index (χ1n) is 10.4. The van der Waals surface area contributed by atoms with Gasteiger partial charge in [0, 0.05) is 26.2 Å². The van der Waals surface area contributed by atoms with E-state index in [-0.39, 0.29) is 5.11 Å². The third-order valence-corrected chi connectivity index (χ3v) is 7.54. The van der Waals surface area contributed by atoms with Crippen LogP contribution in [0.25, 0.3) is 32.2 Å². The monoisotopic (exact) mass is 538 g/mol. The number of carbonyl (C=O) groups excluding carboxylic acids is 1. The van der Waals surface area contributed by atoms with Gasteiger partial charge in [-0.05, 0) is 66.7 Å². The van der Waals surface area contributed by atoms with Gasteiger partial charge >= 0.3 is 5.63 Å². The number of aryl methyl sites for hydroxylation is 1. The molecule has 3 aromatic carbocycles. The Balaban J connectivity index is 1.34. The van der Waals surface area contributed by atoms with E-state index in [1.54, 1.807) is 30.3 Å². The zero-order valence-corrected chi connectivity index (χ0v) is 21.3. The zero-order chi connectivity index (χ0) is 24.7. The van der Waals surface area contributed by atoms with Gasteiger partial charge in [0.25, 0.3) is 5.91 Å². The van der Waals surface area contributed by atoms with Gasteiger partial charge in [0.1, 0.15) is 10.5 Å². The number of anilines is 1. The normalized spacial score (nSPS) is 11.1. The van der Waals surface area contributed by atoms with Crippen molar-refractivity contribution in [2.75, 3.05) is 5.32 Å². The molecule has 0 aliphatic heterocycles. The number of fused-ring (bicyclic) bond motifs is 2. The summed E-state index contributed by atoms with van der Waals surface area (Å²) in [7, 11) is 0. The molecule has 0 saturated heterocycles. The van der Waals surface area contributed by atoms with Crippen molar-refractivity contribution in [3.63, 3.8) is 0 Å². The zero-order valence-electron chi connectivity index (χ0n) is 18.1. The molecule has 1 amide bonds. The second-order valence-electron chi connectivity index (χ2n) is 7.81. The van der Waals surface area contributed by atoms with Crippen LogP contribution < -0.4 is 16.3 Å². The van der Waals surface area contributed by atoms with Gasteiger partial charge in [-0.25, -0.2) is 4.79 Å². The molecular formula is C26H16Cl2N2O3S2. The van der Waals surface area contributed by atoms with Crippen LogP contribution in [0.15, 0.2) is 75.9 Å². The Bertz CT molecular complexity index is 1710. The van der Waals surface area contributed by atoms with Crippen LogP contribution in [-0.4, -0.2) is 11.0 Å². The van der Waals surface area contributed by atoms with Crippen molar-refractivity contribution < 1.29 is 9.21 Å². The molecule has 5 aromatic rings. The maximum absolute atomic E-state index is 12.8. The second kappa shape index (κ2) is 9.43. The number of para-hydroxylation sites is 1. The number of rotatable bonds is 3. The summed E-state index contributed by atoms with van der Waals surface area (Å²) in [5.74, 6) is -0.410. The lowest BCUT2D eigenvalue weighted by atomic mass is 10.0. The van der Waals surface area contributed by atoms with E-state index in [1.165, 1.54) is 11.3 Å². The number of nitrogens with one attached hydrogen (secondary N) is 2. The van der Waals surface area contributed by atoms with Gasteiger partial charge in [-0.3, -0.25) is 10.1 Å². The maximum atomic E-state index is 12.8. The number of hydrogen-bond donors (Lipinski definition) is 2. The maximum Gasteiger partial charge on any atom is 0.344 e. The van der Waals surface area contributed by atoms with E-state index in [4.69, 9.17) is 39.8 Å². The molecule has 5 nitrogen and oxygen atoms in total. The highest BCUT2D eigenvalue weighted by Gasteiger charge is 2.18. The minimum Gasteiger partial charge on any atom is -0.422 e. The lowest BCUT2D eigenvalue weighted by Gasteiger charge is -2.12. The van der Waals surface area contributed by atoms with Crippen molar-refractivity contribution in [3.8, 4) is 11.1 Å². The van der Waals surface area contributed by atoms with Crippen LogP contribution >= 0.6 is 46.8 Å². The largest absolute Gasteiger partial charge is 0.422 e. The predicted molar refractivity (Wildman–Crippen MR) is 148 cm³/mol. The lowest BCUT2D eigenvalue weighted by Crippen LogP contribution is -2.33. The second-order valence-corrected chi connectivity index (χ2v) is 10.1. The summed E-state index contributed by atoms with van der Waals surface area (Å²) in [4.78, 5) is 25.7. The summed E-state index contributed by atoms with van der Waals surface area (Å²) < 4.78 is 6.28. The van der Waals surface area contributed by atoms with Gasteiger partial charge in [-0.2, -0.15) is 0 Å². The number of thiocarbonyl (C=S) groups is 1. The van der Waals surface area contributed by atoms with Crippen LogP contribution in [0.4, 0.5) is 5.69 Å². The van der Waals surface area contributed by atoms with Gasteiger partial charge in [0.15, 0.2) is 5.11 Å². The van der Waals surface area contributed by atoms with Gasteiger partial charge < -0.3 is 9.73 Å². The summed E-state index contributed by atoms with van der Waals surface area (Å²) in [5, 5.41) is 8.32. The molecule has 35 heavy (non-hydrogen) atoms. The highest BCUT2D eigenvalue weighted by atomic mass is 35.5. The fourth-order valence-electron chi connectivity index (χ4n) is 3.80. The Kier molecular flexibility index (Phi) is 6.34. The average Bonchev–Trinajstić information content (AvgIpc) is 3.14. The summed E-state index contributed by atoms with van der Waals surface area (Å²) in [6.45, 7) is 1.89. The molecular weight excluding hydrogens is 523 g/mol. The molecule has 0 fully saturated rings. The Morgan fingerprint density at radius 1 is 1.00 bits per heavy atom. The highest BCUT2D eigenvalue weighted by molar-refractivity contribution is 7.80. The van der Waals surface area contributed by atoms with Crippen molar-refractivity contribution in [1.29, 1.82) is 0 Å². The number of benzene rings is 3. The van der Waals surface area contributed by atoms with Crippen molar-refractivity contribution in [2.24, 2.45) is 0 Å². The standard InChI is InChI=1S/C26H16Cl2N2O3S2/c1-13-10-16(7-9-17(13)19-11-14-4-2-3-5-20(14)33-25(19)32)29-26(34)30-24(31)23-22(28)18-8-6-15(27)12-21(18)35-23/h2-12H,1H3,(H2,29,30,31,34). The first-order chi connectivity index (χ1) is 16.8. The lowest BCUT2D eigenvalue weighted by molar-refractivity contribution is 0.0982. The van der Waals surface area contributed by atoms with Crippen LogP contribution in [0.3, 0.4) is 0 Å². The first kappa shape index (κ1) is 23.5. The quantitative estimate of drug-likeness (QED) is 0.185. The Labute approximate surface area is 219 Å². The molecule has 2 heterocycles. The van der Waals surface area contributed by atoms with Crippen molar-refractivity contribution in [1.82, 2.24) is 5.32 Å². The molecule has 2 N–H and O–H groups in total. The SMILES string of the molecule is Cc1cc(NC(=S)NC(=O)c2sc3cc(Cl)ccc3c2Cl)ccc1-c1cc2ccccc2oc1=O. The minimum atomic E-state index is -0.410. The third kappa shape index (κ3) is 4.68. The van der Waals surface area contributed by atoms with E-state index in [9.17, 15) is 9.59 Å². The summed E-state index contributed by atoms with van der Waals surface area (Å²) in [6.07, 6.45) is 0. The van der Waals surface area contributed by atoms with Gasteiger partial charge in [-0.1, -0.05) is 53.5 Å². The first-order valence-corrected chi connectivity index (χ1v) is 12.4. The Morgan fingerprint density at radius 3 is 2.60 bits per heavy atom. The Morgan fingerprint density at radius 2 is 1.80 bits per heavy atom. The fraction of sp³-hybridized carbons (Fsp3) is 0.0385. The molecule has 0 atom stereocenters.